The minimum atomic E-state index is -1.04. The largest absolute Gasteiger partial charge is 0.481 e. The number of alkyl carbamates (subject to hydrolysis) is 1. The third kappa shape index (κ3) is 8.50. The zero-order valence-electron chi connectivity index (χ0n) is 15.7. The van der Waals surface area contributed by atoms with E-state index < -0.39 is 30.2 Å². The first kappa shape index (κ1) is 21.5. The molecule has 0 spiro atoms. The second-order valence-corrected chi connectivity index (χ2v) is 6.62. The molecule has 0 heterocycles. The summed E-state index contributed by atoms with van der Waals surface area (Å²) in [5.41, 5.74) is 2.06. The van der Waals surface area contributed by atoms with Crippen molar-refractivity contribution in [3.8, 4) is 0 Å². The standard InChI is InChI=1S/C19H27NO6/c1-12(2)8-15-6-5-7-16(9-15)10-17(18(22)23)11-20-19(24)26-14(4)25-13(3)21/h5-7,9,12,14,17H,8,10-11H2,1-4H3,(H,20,24)(H,22,23)/t14-,17+/m1/s1. The van der Waals surface area contributed by atoms with Crippen LogP contribution in [0, 0.1) is 11.8 Å². The molecular formula is C19H27NO6. The van der Waals surface area contributed by atoms with Crippen molar-refractivity contribution in [2.45, 2.75) is 46.8 Å². The number of aliphatic carboxylic acids is 1. The van der Waals surface area contributed by atoms with E-state index in [1.807, 2.05) is 24.3 Å². The van der Waals surface area contributed by atoms with Crippen LogP contribution in [0.1, 0.15) is 38.8 Å². The first-order valence-electron chi connectivity index (χ1n) is 8.59. The van der Waals surface area contributed by atoms with Gasteiger partial charge in [-0.25, -0.2) is 4.79 Å². The Morgan fingerprint density at radius 2 is 1.69 bits per heavy atom. The number of hydrogen-bond acceptors (Lipinski definition) is 5. The first-order chi connectivity index (χ1) is 12.2. The average Bonchev–Trinajstić information content (AvgIpc) is 2.49. The fourth-order valence-electron chi connectivity index (χ4n) is 2.54. The molecule has 26 heavy (non-hydrogen) atoms. The highest BCUT2D eigenvalue weighted by molar-refractivity contribution is 5.73. The molecule has 1 aromatic rings. The number of carboxylic acid groups (broad SMARTS) is 1. The van der Waals surface area contributed by atoms with Gasteiger partial charge in [0, 0.05) is 20.4 Å². The van der Waals surface area contributed by atoms with Crippen LogP contribution in [-0.2, 0) is 31.9 Å². The van der Waals surface area contributed by atoms with Crippen molar-refractivity contribution < 1.29 is 29.0 Å². The van der Waals surface area contributed by atoms with Gasteiger partial charge in [-0.2, -0.15) is 0 Å². The molecule has 0 bridgehead atoms. The number of nitrogens with one attached hydrogen (secondary N) is 1. The predicted octanol–water partition coefficient (Wildman–Crippen LogP) is 2.76. The van der Waals surface area contributed by atoms with Crippen molar-refractivity contribution >= 4 is 18.0 Å². The number of amides is 1. The number of benzene rings is 1. The van der Waals surface area contributed by atoms with E-state index in [0.717, 1.165) is 17.5 Å². The van der Waals surface area contributed by atoms with Crippen molar-refractivity contribution in [1.29, 1.82) is 0 Å². The summed E-state index contributed by atoms with van der Waals surface area (Å²) in [6, 6.07) is 7.80. The predicted molar refractivity (Wildman–Crippen MR) is 95.5 cm³/mol. The van der Waals surface area contributed by atoms with Crippen molar-refractivity contribution in [2.24, 2.45) is 11.8 Å². The quantitative estimate of drug-likeness (QED) is 0.515. The summed E-state index contributed by atoms with van der Waals surface area (Å²) >= 11 is 0. The van der Waals surface area contributed by atoms with Crippen molar-refractivity contribution in [3.63, 3.8) is 0 Å². The summed E-state index contributed by atoms with van der Waals surface area (Å²) < 4.78 is 9.50. The van der Waals surface area contributed by atoms with Crippen molar-refractivity contribution in [2.75, 3.05) is 6.54 Å². The van der Waals surface area contributed by atoms with Gasteiger partial charge in [-0.15, -0.1) is 0 Å². The number of carbonyl (C=O) groups is 3. The molecular weight excluding hydrogens is 338 g/mol. The van der Waals surface area contributed by atoms with Crippen LogP contribution in [0.3, 0.4) is 0 Å². The molecule has 2 N–H and O–H groups in total. The van der Waals surface area contributed by atoms with Gasteiger partial charge >= 0.3 is 18.0 Å². The van der Waals surface area contributed by atoms with Gasteiger partial charge < -0.3 is 19.9 Å². The normalized spacial score (nSPS) is 13.0. The molecule has 0 fully saturated rings. The third-order valence-corrected chi connectivity index (χ3v) is 3.56. The maximum Gasteiger partial charge on any atom is 0.410 e. The Morgan fingerprint density at radius 3 is 2.23 bits per heavy atom. The van der Waals surface area contributed by atoms with E-state index in [2.05, 4.69) is 23.9 Å². The smallest absolute Gasteiger partial charge is 0.410 e. The number of carbonyl (C=O) groups excluding carboxylic acids is 2. The lowest BCUT2D eigenvalue weighted by molar-refractivity contribution is -0.162. The van der Waals surface area contributed by atoms with Gasteiger partial charge in [0.05, 0.1) is 5.92 Å². The van der Waals surface area contributed by atoms with Gasteiger partial charge in [0.1, 0.15) is 0 Å². The molecule has 0 aromatic heterocycles. The maximum atomic E-state index is 11.7. The SMILES string of the molecule is CC(=O)O[C@@H](C)OC(=O)NC[C@H](Cc1cccc(CC(C)C)c1)C(=O)O. The van der Waals surface area contributed by atoms with Gasteiger partial charge in [-0.1, -0.05) is 38.1 Å². The summed E-state index contributed by atoms with van der Waals surface area (Å²) in [7, 11) is 0. The number of carboxylic acids is 1. The molecule has 0 aliphatic rings. The van der Waals surface area contributed by atoms with Crippen LogP contribution in [0.15, 0.2) is 24.3 Å². The number of rotatable bonds is 9. The van der Waals surface area contributed by atoms with Crippen LogP contribution < -0.4 is 5.32 Å². The number of esters is 1. The molecule has 1 aromatic carbocycles. The highest BCUT2D eigenvalue weighted by Gasteiger charge is 2.20. The summed E-state index contributed by atoms with van der Waals surface area (Å²) in [5.74, 6) is -1.86. The van der Waals surface area contributed by atoms with Crippen LogP contribution in [0.2, 0.25) is 0 Å². The minimum Gasteiger partial charge on any atom is -0.481 e. The van der Waals surface area contributed by atoms with Gasteiger partial charge in [0.15, 0.2) is 0 Å². The van der Waals surface area contributed by atoms with E-state index in [4.69, 9.17) is 4.74 Å². The van der Waals surface area contributed by atoms with Crippen LogP contribution in [-0.4, -0.2) is 36.0 Å². The third-order valence-electron chi connectivity index (χ3n) is 3.56. The molecule has 0 radical (unpaired) electrons. The van der Waals surface area contributed by atoms with Crippen molar-refractivity contribution in [1.82, 2.24) is 5.32 Å². The van der Waals surface area contributed by atoms with Crippen molar-refractivity contribution in [3.05, 3.63) is 35.4 Å². The Hall–Kier alpha value is -2.57. The fraction of sp³-hybridized carbons (Fsp3) is 0.526. The zero-order valence-corrected chi connectivity index (χ0v) is 15.7. The van der Waals surface area contributed by atoms with E-state index in [9.17, 15) is 19.5 Å². The van der Waals surface area contributed by atoms with E-state index in [-0.39, 0.29) is 6.54 Å². The summed E-state index contributed by atoms with van der Waals surface area (Å²) in [6.07, 6.45) is -0.660. The van der Waals surface area contributed by atoms with Crippen LogP contribution in [0.25, 0.3) is 0 Å². The summed E-state index contributed by atoms with van der Waals surface area (Å²) in [5, 5.41) is 11.8. The van der Waals surface area contributed by atoms with E-state index >= 15 is 0 Å². The maximum absolute atomic E-state index is 11.7. The van der Waals surface area contributed by atoms with Gasteiger partial charge in [0.2, 0.25) is 6.29 Å². The Balaban J connectivity index is 2.60. The Kier molecular flexibility index (Phi) is 8.61. The molecule has 0 aliphatic heterocycles. The summed E-state index contributed by atoms with van der Waals surface area (Å²) in [6.45, 7) is 6.76. The highest BCUT2D eigenvalue weighted by atomic mass is 16.7. The molecule has 0 saturated carbocycles. The van der Waals surface area contributed by atoms with E-state index in [1.54, 1.807) is 0 Å². The summed E-state index contributed by atoms with van der Waals surface area (Å²) in [4.78, 5) is 33.9. The lowest BCUT2D eigenvalue weighted by Crippen LogP contribution is -2.36. The molecule has 0 saturated heterocycles. The van der Waals surface area contributed by atoms with Gasteiger partial charge in [0.25, 0.3) is 0 Å². The average molecular weight is 365 g/mol. The van der Waals surface area contributed by atoms with Gasteiger partial charge in [-0.3, -0.25) is 9.59 Å². The van der Waals surface area contributed by atoms with Gasteiger partial charge in [-0.05, 0) is 29.9 Å². The number of ether oxygens (including phenoxy) is 2. The Bertz CT molecular complexity index is 628. The molecule has 7 heteroatoms. The Morgan fingerprint density at radius 1 is 1.08 bits per heavy atom. The zero-order chi connectivity index (χ0) is 19.7. The molecule has 0 aliphatic carbocycles. The minimum absolute atomic E-state index is 0.0879. The van der Waals surface area contributed by atoms with Crippen LogP contribution in [0.4, 0.5) is 4.79 Å². The van der Waals surface area contributed by atoms with E-state index in [0.29, 0.717) is 12.3 Å². The van der Waals surface area contributed by atoms with Crippen LogP contribution in [0.5, 0.6) is 0 Å². The lowest BCUT2D eigenvalue weighted by Gasteiger charge is -2.16. The molecule has 2 atom stereocenters. The molecule has 7 nitrogen and oxygen atoms in total. The first-order valence-corrected chi connectivity index (χ1v) is 8.59. The lowest BCUT2D eigenvalue weighted by atomic mass is 9.95. The van der Waals surface area contributed by atoms with E-state index in [1.165, 1.54) is 13.8 Å². The Labute approximate surface area is 153 Å². The molecule has 1 amide bonds. The fourth-order valence-corrected chi connectivity index (χ4v) is 2.54. The molecule has 0 unspecified atom stereocenters. The second kappa shape index (κ2) is 10.4. The molecule has 1 rings (SSSR count). The molecule has 144 valence electrons. The second-order valence-electron chi connectivity index (χ2n) is 6.62. The monoisotopic (exact) mass is 365 g/mol. The topological polar surface area (TPSA) is 102 Å². The number of hydrogen-bond donors (Lipinski definition) is 2. The van der Waals surface area contributed by atoms with Crippen LogP contribution >= 0.6 is 0 Å². The highest BCUT2D eigenvalue weighted by Crippen LogP contribution is 2.14.